The average Bonchev–Trinajstić information content (AvgIpc) is 2.79. The second-order valence-electron chi connectivity index (χ2n) is 8.39. The van der Waals surface area contributed by atoms with Crippen LogP contribution in [0.4, 0.5) is 11.4 Å². The molecule has 162 valence electrons. The van der Waals surface area contributed by atoms with Gasteiger partial charge in [0.15, 0.2) is 0 Å². The van der Waals surface area contributed by atoms with Crippen molar-refractivity contribution in [2.24, 2.45) is 0 Å². The third kappa shape index (κ3) is 5.47. The van der Waals surface area contributed by atoms with E-state index in [4.69, 9.17) is 0 Å². The van der Waals surface area contributed by atoms with Gasteiger partial charge in [-0.05, 0) is 67.1 Å². The maximum absolute atomic E-state index is 12.8. The molecule has 0 unspecified atom stereocenters. The molecular formula is C26H30N2O2S. The lowest BCUT2D eigenvalue weighted by Gasteiger charge is -2.22. The standard InChI is InChI=1S/C26H30N2O2S/c1-20-11-17-25(18-12-20)31(29,30)28-26-10-6-5-9-23(26)19-27-24-15-13-22(14-16-24)21-7-3-2-4-8-21/h5-6,9-18,21,27-28H,2-4,7-8,19H2,1H3. The van der Waals surface area contributed by atoms with Gasteiger partial charge in [-0.15, -0.1) is 0 Å². The van der Waals surface area contributed by atoms with Gasteiger partial charge < -0.3 is 5.32 Å². The van der Waals surface area contributed by atoms with Gasteiger partial charge in [0.2, 0.25) is 0 Å². The van der Waals surface area contributed by atoms with E-state index in [2.05, 4.69) is 34.3 Å². The molecule has 4 nitrogen and oxygen atoms in total. The number of nitrogens with one attached hydrogen (secondary N) is 2. The van der Waals surface area contributed by atoms with E-state index in [1.807, 2.05) is 25.1 Å². The molecule has 0 aromatic heterocycles. The maximum Gasteiger partial charge on any atom is 0.261 e. The van der Waals surface area contributed by atoms with Crippen LogP contribution < -0.4 is 10.0 Å². The summed E-state index contributed by atoms with van der Waals surface area (Å²) in [4.78, 5) is 0.263. The molecule has 0 spiro atoms. The molecule has 1 aliphatic carbocycles. The fourth-order valence-corrected chi connectivity index (χ4v) is 5.30. The van der Waals surface area contributed by atoms with Gasteiger partial charge in [-0.2, -0.15) is 0 Å². The summed E-state index contributed by atoms with van der Waals surface area (Å²) in [6.07, 6.45) is 6.62. The lowest BCUT2D eigenvalue weighted by molar-refractivity contribution is 0.443. The highest BCUT2D eigenvalue weighted by molar-refractivity contribution is 7.92. The Morgan fingerprint density at radius 2 is 1.52 bits per heavy atom. The molecule has 0 amide bonds. The van der Waals surface area contributed by atoms with E-state index in [1.54, 1.807) is 30.3 Å². The van der Waals surface area contributed by atoms with Gasteiger partial charge in [-0.25, -0.2) is 8.42 Å². The topological polar surface area (TPSA) is 58.2 Å². The summed E-state index contributed by atoms with van der Waals surface area (Å²) in [5.74, 6) is 0.694. The number of hydrogen-bond donors (Lipinski definition) is 2. The van der Waals surface area contributed by atoms with E-state index < -0.39 is 10.0 Å². The Kier molecular flexibility index (Phi) is 6.62. The lowest BCUT2D eigenvalue weighted by atomic mass is 9.84. The molecule has 2 N–H and O–H groups in total. The lowest BCUT2D eigenvalue weighted by Crippen LogP contribution is -2.15. The third-order valence-electron chi connectivity index (χ3n) is 6.06. The molecule has 0 radical (unpaired) electrons. The number of anilines is 2. The van der Waals surface area contributed by atoms with Crippen molar-refractivity contribution in [3.63, 3.8) is 0 Å². The quantitative estimate of drug-likeness (QED) is 0.449. The molecule has 1 aliphatic rings. The van der Waals surface area contributed by atoms with Gasteiger partial charge >= 0.3 is 0 Å². The number of para-hydroxylation sites is 1. The molecule has 0 saturated heterocycles. The van der Waals surface area contributed by atoms with Crippen LogP contribution in [0, 0.1) is 6.92 Å². The van der Waals surface area contributed by atoms with E-state index in [0.29, 0.717) is 18.2 Å². The van der Waals surface area contributed by atoms with E-state index in [0.717, 1.165) is 16.8 Å². The zero-order valence-electron chi connectivity index (χ0n) is 18.0. The third-order valence-corrected chi connectivity index (χ3v) is 7.44. The second kappa shape index (κ2) is 9.56. The van der Waals surface area contributed by atoms with E-state index in [1.165, 1.54) is 37.7 Å². The zero-order valence-corrected chi connectivity index (χ0v) is 18.8. The van der Waals surface area contributed by atoms with Crippen molar-refractivity contribution >= 4 is 21.4 Å². The van der Waals surface area contributed by atoms with Gasteiger partial charge in [0.1, 0.15) is 0 Å². The van der Waals surface area contributed by atoms with Gasteiger partial charge in [0.25, 0.3) is 10.0 Å². The highest BCUT2D eigenvalue weighted by atomic mass is 32.2. The minimum Gasteiger partial charge on any atom is -0.381 e. The highest BCUT2D eigenvalue weighted by Crippen LogP contribution is 2.33. The first-order valence-electron chi connectivity index (χ1n) is 11.0. The molecule has 0 aliphatic heterocycles. The molecule has 4 rings (SSSR count). The Morgan fingerprint density at radius 1 is 0.839 bits per heavy atom. The van der Waals surface area contributed by atoms with Crippen LogP contribution in [-0.2, 0) is 16.6 Å². The van der Waals surface area contributed by atoms with E-state index >= 15 is 0 Å². The van der Waals surface area contributed by atoms with Crippen LogP contribution in [0.1, 0.15) is 54.7 Å². The predicted octanol–water partition coefficient (Wildman–Crippen LogP) is 6.46. The molecule has 3 aromatic carbocycles. The van der Waals surface area contributed by atoms with Gasteiger partial charge in [-0.3, -0.25) is 4.72 Å². The fourth-order valence-electron chi connectivity index (χ4n) is 4.20. The van der Waals surface area contributed by atoms with Gasteiger partial charge in [0, 0.05) is 12.2 Å². The highest BCUT2D eigenvalue weighted by Gasteiger charge is 2.16. The molecule has 31 heavy (non-hydrogen) atoms. The monoisotopic (exact) mass is 434 g/mol. The Hall–Kier alpha value is -2.79. The zero-order chi connectivity index (χ0) is 21.7. The predicted molar refractivity (Wildman–Crippen MR) is 128 cm³/mol. The number of aryl methyl sites for hydroxylation is 1. The molecule has 0 atom stereocenters. The van der Waals surface area contributed by atoms with E-state index in [-0.39, 0.29) is 4.90 Å². The Balaban J connectivity index is 1.43. The molecule has 5 heteroatoms. The molecule has 0 bridgehead atoms. The molecule has 0 heterocycles. The molecular weight excluding hydrogens is 404 g/mol. The minimum atomic E-state index is -3.63. The first-order valence-corrected chi connectivity index (χ1v) is 12.5. The minimum absolute atomic E-state index is 0.263. The van der Waals surface area contributed by atoms with Crippen LogP contribution in [0.3, 0.4) is 0 Å². The average molecular weight is 435 g/mol. The Bertz CT molecular complexity index is 1100. The van der Waals surface area contributed by atoms with Crippen LogP contribution in [0.15, 0.2) is 77.7 Å². The van der Waals surface area contributed by atoms with Crippen LogP contribution in [0.25, 0.3) is 0 Å². The maximum atomic E-state index is 12.8. The van der Waals surface area contributed by atoms with Gasteiger partial charge in [-0.1, -0.05) is 67.3 Å². The summed E-state index contributed by atoms with van der Waals surface area (Å²) < 4.78 is 28.3. The molecule has 3 aromatic rings. The summed E-state index contributed by atoms with van der Waals surface area (Å²) >= 11 is 0. The largest absolute Gasteiger partial charge is 0.381 e. The second-order valence-corrected chi connectivity index (χ2v) is 10.1. The number of benzene rings is 3. The van der Waals surface area contributed by atoms with Crippen molar-refractivity contribution in [2.75, 3.05) is 10.0 Å². The Labute approximate surface area is 185 Å². The SMILES string of the molecule is Cc1ccc(S(=O)(=O)Nc2ccccc2CNc2ccc(C3CCCCC3)cc2)cc1. The first kappa shape index (κ1) is 21.4. The van der Waals surface area contributed by atoms with Gasteiger partial charge in [0.05, 0.1) is 10.6 Å². The van der Waals surface area contributed by atoms with Crippen LogP contribution in [0.2, 0.25) is 0 Å². The number of hydrogen-bond acceptors (Lipinski definition) is 3. The van der Waals surface area contributed by atoms with Crippen LogP contribution in [0.5, 0.6) is 0 Å². The van der Waals surface area contributed by atoms with Crippen molar-refractivity contribution in [1.29, 1.82) is 0 Å². The molecule has 1 saturated carbocycles. The summed E-state index contributed by atoms with van der Waals surface area (Å²) in [5, 5.41) is 3.43. The van der Waals surface area contributed by atoms with Crippen molar-refractivity contribution in [1.82, 2.24) is 0 Å². The van der Waals surface area contributed by atoms with Crippen molar-refractivity contribution < 1.29 is 8.42 Å². The van der Waals surface area contributed by atoms with Crippen molar-refractivity contribution in [2.45, 2.75) is 56.4 Å². The van der Waals surface area contributed by atoms with E-state index in [9.17, 15) is 8.42 Å². The normalized spacial score (nSPS) is 14.9. The smallest absolute Gasteiger partial charge is 0.261 e. The summed E-state index contributed by atoms with van der Waals surface area (Å²) in [5.41, 5.74) is 4.98. The summed E-state index contributed by atoms with van der Waals surface area (Å²) in [6, 6.07) is 23.1. The number of rotatable bonds is 7. The Morgan fingerprint density at radius 3 is 2.23 bits per heavy atom. The van der Waals surface area contributed by atoms with Crippen LogP contribution >= 0.6 is 0 Å². The molecule has 1 fully saturated rings. The van der Waals surface area contributed by atoms with Crippen LogP contribution in [-0.4, -0.2) is 8.42 Å². The fraction of sp³-hybridized carbons (Fsp3) is 0.308. The first-order chi connectivity index (χ1) is 15.0. The summed E-state index contributed by atoms with van der Waals surface area (Å²) in [7, 11) is -3.63. The van der Waals surface area contributed by atoms with Crippen molar-refractivity contribution in [3.05, 3.63) is 89.5 Å². The summed E-state index contributed by atoms with van der Waals surface area (Å²) in [6.45, 7) is 2.47. The number of sulfonamides is 1. The van der Waals surface area contributed by atoms with Crippen molar-refractivity contribution in [3.8, 4) is 0 Å².